The molecule has 0 saturated carbocycles. The van der Waals surface area contributed by atoms with Gasteiger partial charge in [-0.05, 0) is 36.4 Å². The summed E-state index contributed by atoms with van der Waals surface area (Å²) in [6, 6.07) is 9.36. The quantitative estimate of drug-likeness (QED) is 0.267. The Labute approximate surface area is 207 Å². The number of carbonyl (C=O) groups excluding carboxylic acids is 1. The van der Waals surface area contributed by atoms with Gasteiger partial charge in [-0.1, -0.05) is 12.1 Å². The summed E-state index contributed by atoms with van der Waals surface area (Å²) in [7, 11) is -4.59. The van der Waals surface area contributed by atoms with Gasteiger partial charge in [-0.25, -0.2) is 31.6 Å². The number of hydrogen-bond donors (Lipinski definition) is 3. The van der Waals surface area contributed by atoms with Crippen molar-refractivity contribution in [3.05, 3.63) is 102 Å². The molecule has 0 aliphatic rings. The third kappa shape index (κ3) is 4.47. The van der Waals surface area contributed by atoms with Crippen molar-refractivity contribution in [1.29, 1.82) is 0 Å². The third-order valence-electron chi connectivity index (χ3n) is 5.33. The van der Waals surface area contributed by atoms with Crippen molar-refractivity contribution in [2.24, 2.45) is 0 Å². The van der Waals surface area contributed by atoms with Gasteiger partial charge < -0.3 is 10.3 Å². The zero-order valence-electron chi connectivity index (χ0n) is 18.5. The normalized spacial score (nSPS) is 11.4. The van der Waals surface area contributed by atoms with E-state index in [-0.39, 0.29) is 22.4 Å². The average Bonchev–Trinajstić information content (AvgIpc) is 3.32. The maximum absolute atomic E-state index is 15.4. The van der Waals surface area contributed by atoms with E-state index in [9.17, 15) is 22.0 Å². The minimum absolute atomic E-state index is 0.146. The lowest BCUT2D eigenvalue weighted by molar-refractivity contribution is 0.103. The van der Waals surface area contributed by atoms with E-state index in [4.69, 9.17) is 0 Å². The highest BCUT2D eigenvalue weighted by Gasteiger charge is 2.28. The number of aromatic nitrogens is 4. The summed E-state index contributed by atoms with van der Waals surface area (Å²) in [5.41, 5.74) is -1.19. The zero-order valence-corrected chi connectivity index (χ0v) is 19.4. The highest BCUT2D eigenvalue weighted by molar-refractivity contribution is 7.92. The smallest absolute Gasteiger partial charge is 0.264 e. The number of anilines is 3. The molecule has 5 aromatic rings. The van der Waals surface area contributed by atoms with Gasteiger partial charge in [-0.15, -0.1) is 0 Å². The molecule has 0 aliphatic carbocycles. The molecule has 186 valence electrons. The first-order valence-electron chi connectivity index (χ1n) is 10.6. The van der Waals surface area contributed by atoms with Gasteiger partial charge in [0, 0.05) is 12.4 Å². The monoisotopic (exact) mass is 524 g/mol. The van der Waals surface area contributed by atoms with Crippen molar-refractivity contribution in [3.8, 4) is 0 Å². The second kappa shape index (κ2) is 9.35. The predicted molar refractivity (Wildman–Crippen MR) is 128 cm³/mol. The van der Waals surface area contributed by atoms with Crippen LogP contribution in [0.25, 0.3) is 11.0 Å². The van der Waals surface area contributed by atoms with Crippen molar-refractivity contribution in [1.82, 2.24) is 19.9 Å². The van der Waals surface area contributed by atoms with Crippen LogP contribution >= 0.6 is 0 Å². The van der Waals surface area contributed by atoms with Gasteiger partial charge in [0.25, 0.3) is 10.0 Å². The van der Waals surface area contributed by atoms with Crippen molar-refractivity contribution in [3.63, 3.8) is 0 Å². The minimum atomic E-state index is -4.59. The molecule has 0 amide bonds. The Hall–Kier alpha value is -4.78. The number of carbonyl (C=O) groups is 1. The molecule has 0 aliphatic heterocycles. The van der Waals surface area contributed by atoms with E-state index in [1.54, 1.807) is 18.3 Å². The Morgan fingerprint density at radius 3 is 2.51 bits per heavy atom. The molecule has 0 radical (unpaired) electrons. The zero-order chi connectivity index (χ0) is 26.2. The number of fused-ring (bicyclic) bond motifs is 1. The Morgan fingerprint density at radius 1 is 0.946 bits per heavy atom. The van der Waals surface area contributed by atoms with Gasteiger partial charge in [0.05, 0.1) is 34.1 Å². The van der Waals surface area contributed by atoms with Crippen LogP contribution in [-0.4, -0.2) is 34.1 Å². The fraction of sp³-hybridized carbons (Fsp3) is 0. The summed E-state index contributed by atoms with van der Waals surface area (Å²) in [5.74, 6) is -4.71. The van der Waals surface area contributed by atoms with Crippen LogP contribution in [-0.2, 0) is 10.0 Å². The molecule has 0 saturated heterocycles. The number of rotatable bonds is 7. The first kappa shape index (κ1) is 23.9. The van der Waals surface area contributed by atoms with Crippen LogP contribution in [0.1, 0.15) is 15.9 Å². The minimum Gasteiger partial charge on any atom is -0.345 e. The molecule has 0 bridgehead atoms. The molecule has 0 unspecified atom stereocenters. The highest BCUT2D eigenvalue weighted by atomic mass is 32.2. The molecule has 5 rings (SSSR count). The number of H-pyrrole nitrogens is 1. The average molecular weight is 524 g/mol. The van der Waals surface area contributed by atoms with Gasteiger partial charge in [0.15, 0.2) is 5.82 Å². The molecule has 13 heteroatoms. The van der Waals surface area contributed by atoms with Crippen molar-refractivity contribution >= 4 is 44.0 Å². The number of ketones is 1. The van der Waals surface area contributed by atoms with E-state index >= 15 is 4.39 Å². The first-order valence-corrected chi connectivity index (χ1v) is 12.0. The molecular formula is C24H15F3N6O3S. The molecule has 0 spiro atoms. The van der Waals surface area contributed by atoms with Crippen molar-refractivity contribution in [2.45, 2.75) is 4.90 Å². The molecule has 0 atom stereocenters. The molecule has 3 heterocycles. The van der Waals surface area contributed by atoms with Gasteiger partial charge in [-0.2, -0.15) is 0 Å². The fourth-order valence-electron chi connectivity index (χ4n) is 3.65. The van der Waals surface area contributed by atoms with Gasteiger partial charge >= 0.3 is 0 Å². The molecule has 0 fully saturated rings. The van der Waals surface area contributed by atoms with Crippen LogP contribution in [0.3, 0.4) is 0 Å². The van der Waals surface area contributed by atoms with E-state index in [1.807, 2.05) is 4.72 Å². The lowest BCUT2D eigenvalue weighted by Gasteiger charge is -2.12. The number of nitrogens with one attached hydrogen (secondary N) is 3. The summed E-state index contributed by atoms with van der Waals surface area (Å²) in [6.07, 6.45) is 5.51. The van der Waals surface area contributed by atoms with Crippen molar-refractivity contribution in [2.75, 3.05) is 10.0 Å². The number of hydrogen-bond acceptors (Lipinski definition) is 7. The fourth-order valence-corrected chi connectivity index (χ4v) is 4.79. The molecule has 3 aromatic heterocycles. The molecule has 3 N–H and O–H groups in total. The number of nitrogens with zero attached hydrogens (tertiary/aromatic N) is 3. The van der Waals surface area contributed by atoms with Gasteiger partial charge in [0.1, 0.15) is 34.3 Å². The van der Waals surface area contributed by atoms with Crippen LogP contribution in [0.2, 0.25) is 0 Å². The maximum atomic E-state index is 15.4. The second-order valence-corrected chi connectivity index (χ2v) is 9.31. The number of sulfonamides is 1. The van der Waals surface area contributed by atoms with Crippen LogP contribution < -0.4 is 10.0 Å². The molecule has 2 aromatic carbocycles. The third-order valence-corrected chi connectivity index (χ3v) is 6.73. The largest absolute Gasteiger partial charge is 0.345 e. The van der Waals surface area contributed by atoms with E-state index in [1.165, 1.54) is 30.9 Å². The predicted octanol–water partition coefficient (Wildman–Crippen LogP) is 4.55. The van der Waals surface area contributed by atoms with E-state index in [2.05, 4.69) is 25.3 Å². The van der Waals surface area contributed by atoms with Gasteiger partial charge in [-0.3, -0.25) is 14.5 Å². The number of pyridine rings is 1. The molecule has 37 heavy (non-hydrogen) atoms. The Kier molecular flexibility index (Phi) is 6.05. The topological polar surface area (TPSA) is 130 Å². The Balaban J connectivity index is 1.56. The highest BCUT2D eigenvalue weighted by Crippen LogP contribution is 2.31. The van der Waals surface area contributed by atoms with Crippen LogP contribution in [0.15, 0.2) is 78.3 Å². The van der Waals surface area contributed by atoms with Crippen LogP contribution in [0.5, 0.6) is 0 Å². The summed E-state index contributed by atoms with van der Waals surface area (Å²) in [6.45, 7) is 0. The van der Waals surface area contributed by atoms with Crippen LogP contribution in [0.4, 0.5) is 30.4 Å². The van der Waals surface area contributed by atoms with Crippen molar-refractivity contribution < 1.29 is 26.4 Å². The number of aromatic amines is 1. The Bertz CT molecular complexity index is 1760. The summed E-state index contributed by atoms with van der Waals surface area (Å²) >= 11 is 0. The number of benzene rings is 2. The van der Waals surface area contributed by atoms with Gasteiger partial charge in [0.2, 0.25) is 5.78 Å². The lowest BCUT2D eigenvalue weighted by Crippen LogP contribution is -2.17. The lowest BCUT2D eigenvalue weighted by atomic mass is 10.0. The standard InChI is InChI=1S/C24H15F3N6O3S/c25-15-5-1-2-6-18(15)37(35,36)33-17-8-7-16(26)20(21(17)27)22(34)14-11-29-23-19(14)24(31-12-30-23)32-13-4-3-9-28-10-13/h1-12,33H,(H2,29,30,31,32). The van der Waals surface area contributed by atoms with E-state index in [0.29, 0.717) is 5.69 Å². The molecule has 9 nitrogen and oxygen atoms in total. The Morgan fingerprint density at radius 2 is 1.76 bits per heavy atom. The van der Waals surface area contributed by atoms with E-state index in [0.717, 1.165) is 24.3 Å². The maximum Gasteiger partial charge on any atom is 0.264 e. The van der Waals surface area contributed by atoms with E-state index < -0.39 is 49.4 Å². The van der Waals surface area contributed by atoms with Crippen LogP contribution in [0, 0.1) is 17.5 Å². The summed E-state index contributed by atoms with van der Waals surface area (Å²) < 4.78 is 71.4. The molecular weight excluding hydrogens is 509 g/mol. The number of halogens is 3. The first-order chi connectivity index (χ1) is 17.8. The summed E-state index contributed by atoms with van der Waals surface area (Å²) in [5, 5.41) is 3.12. The SMILES string of the molecule is O=C(c1c(F)ccc(NS(=O)(=O)c2ccccc2F)c1F)c1c[nH]c2ncnc(Nc3cccnc3)c12. The summed E-state index contributed by atoms with van der Waals surface area (Å²) in [4.78, 5) is 27.5. The second-order valence-electron chi connectivity index (χ2n) is 7.66.